The monoisotopic (exact) mass is 639 g/mol. The Morgan fingerprint density at radius 1 is 1.11 bits per heavy atom. The zero-order valence-electron chi connectivity index (χ0n) is 24.6. The summed E-state index contributed by atoms with van der Waals surface area (Å²) >= 11 is 1.19. The zero-order chi connectivity index (χ0) is 32.3. The van der Waals surface area contributed by atoms with Crippen LogP contribution in [0.25, 0.3) is 17.1 Å². The van der Waals surface area contributed by atoms with Gasteiger partial charge in [0.15, 0.2) is 11.0 Å². The topological polar surface area (TPSA) is 89.7 Å². The van der Waals surface area contributed by atoms with Crippen LogP contribution in [-0.4, -0.2) is 43.9 Å². The number of amidine groups is 1. The number of aliphatic imine (C=N–C) groups is 1. The summed E-state index contributed by atoms with van der Waals surface area (Å²) in [6.45, 7) is 5.58. The number of carbonyl (C=O) groups excluding carboxylic acids is 2. The second-order valence-electron chi connectivity index (χ2n) is 10.7. The Morgan fingerprint density at radius 2 is 1.87 bits per heavy atom. The highest BCUT2D eigenvalue weighted by atomic mass is 32.2. The number of hydrogen-bond donors (Lipinski definition) is 0. The van der Waals surface area contributed by atoms with E-state index < -0.39 is 6.36 Å². The number of carbonyl (C=O) groups is 2. The van der Waals surface area contributed by atoms with Crippen molar-refractivity contribution in [3.8, 4) is 22.8 Å². The number of alkyl halides is 3. The maximum atomic E-state index is 14.2. The molecule has 1 aromatic heterocycles. The minimum atomic E-state index is -4.77. The molecule has 0 aliphatic carbocycles. The molecule has 8 nitrogen and oxygen atoms in total. The number of anilines is 1. The quantitative estimate of drug-likeness (QED) is 0.178. The molecule has 4 aromatic rings. The maximum Gasteiger partial charge on any atom is 0.573 e. The molecule has 234 valence electrons. The normalized spacial score (nSPS) is 14.5. The van der Waals surface area contributed by atoms with Gasteiger partial charge >= 0.3 is 6.36 Å². The first kappa shape index (κ1) is 31.9. The third kappa shape index (κ3) is 7.77. The predicted octanol–water partition coefficient (Wildman–Crippen LogP) is 7.39. The fourth-order valence-corrected chi connectivity index (χ4v) is 5.83. The molecule has 3 aromatic carbocycles. The number of aryl methyl sites for hydroxylation is 2. The molecule has 1 fully saturated rings. The van der Waals surface area contributed by atoms with Crippen LogP contribution in [-0.2, 0) is 16.0 Å². The molecular weight excluding hydrogens is 610 g/mol. The van der Waals surface area contributed by atoms with Crippen LogP contribution in [0.2, 0.25) is 0 Å². The van der Waals surface area contributed by atoms with Crippen LogP contribution in [0.4, 0.5) is 23.2 Å². The van der Waals surface area contributed by atoms with Gasteiger partial charge in [-0.1, -0.05) is 43.8 Å². The number of benzene rings is 3. The third-order valence-corrected chi connectivity index (χ3v) is 7.92. The van der Waals surface area contributed by atoms with Crippen molar-refractivity contribution in [3.63, 3.8) is 0 Å². The largest absolute Gasteiger partial charge is 0.573 e. The van der Waals surface area contributed by atoms with E-state index in [9.17, 15) is 27.2 Å². The van der Waals surface area contributed by atoms with Crippen LogP contribution in [0.15, 0.2) is 72.0 Å². The van der Waals surface area contributed by atoms with E-state index in [1.54, 1.807) is 6.92 Å². The predicted molar refractivity (Wildman–Crippen MR) is 164 cm³/mol. The number of thioether (sulfide) groups is 1. The van der Waals surface area contributed by atoms with Gasteiger partial charge in [-0.3, -0.25) is 14.5 Å². The van der Waals surface area contributed by atoms with Crippen molar-refractivity contribution in [1.29, 1.82) is 0 Å². The van der Waals surface area contributed by atoms with E-state index in [4.69, 9.17) is 0 Å². The second kappa shape index (κ2) is 13.2. The Labute approximate surface area is 261 Å². The molecule has 13 heteroatoms. The SMILES string of the molecule is Cc1cc(F)cc(C(C)C)c1N1C(=O)CSC1=NC(=O)CCCc1cccc(-c2ncn(-c3ccc(OC(F)(F)F)cc3)n2)c1. The van der Waals surface area contributed by atoms with Crippen LogP contribution in [0.1, 0.15) is 49.3 Å². The number of rotatable bonds is 9. The fourth-order valence-electron chi connectivity index (χ4n) is 4.96. The average Bonchev–Trinajstić information content (AvgIpc) is 3.60. The summed E-state index contributed by atoms with van der Waals surface area (Å²) in [5.74, 6) is -0.743. The van der Waals surface area contributed by atoms with Crippen molar-refractivity contribution in [2.75, 3.05) is 10.7 Å². The standard InChI is InChI=1S/C32H29F4N5O3S/c1-19(2)26-16-23(33)14-20(3)29(26)41-28(43)17-45-31(41)38-27(42)9-5-7-21-6-4-8-22(15-21)30-37-18-40(39-30)24-10-12-25(13-11-24)44-32(34,35)36/h4,6,8,10-16,18-19H,5,7,9,17H2,1-3H3. The third-order valence-electron chi connectivity index (χ3n) is 6.99. The lowest BCUT2D eigenvalue weighted by molar-refractivity contribution is -0.274. The molecule has 0 atom stereocenters. The molecule has 45 heavy (non-hydrogen) atoms. The van der Waals surface area contributed by atoms with Gasteiger partial charge in [0.25, 0.3) is 0 Å². The maximum absolute atomic E-state index is 14.2. The van der Waals surface area contributed by atoms with Crippen molar-refractivity contribution in [2.24, 2.45) is 4.99 Å². The van der Waals surface area contributed by atoms with E-state index >= 15 is 0 Å². The van der Waals surface area contributed by atoms with Gasteiger partial charge < -0.3 is 4.74 Å². The Kier molecular flexibility index (Phi) is 9.37. The second-order valence-corrected chi connectivity index (χ2v) is 11.7. The highest BCUT2D eigenvalue weighted by Gasteiger charge is 2.34. The molecule has 0 spiro atoms. The molecule has 0 N–H and O–H groups in total. The average molecular weight is 640 g/mol. The Hall–Kier alpha value is -4.52. The van der Waals surface area contributed by atoms with Crippen molar-refractivity contribution in [1.82, 2.24) is 14.8 Å². The van der Waals surface area contributed by atoms with Gasteiger partial charge in [0.1, 0.15) is 17.9 Å². The Bertz CT molecular complexity index is 1750. The summed E-state index contributed by atoms with van der Waals surface area (Å²) in [4.78, 5) is 35.7. The Morgan fingerprint density at radius 3 is 2.58 bits per heavy atom. The van der Waals surface area contributed by atoms with Crippen LogP contribution >= 0.6 is 11.8 Å². The molecule has 0 unspecified atom stereocenters. The lowest BCUT2D eigenvalue weighted by Gasteiger charge is -2.24. The van der Waals surface area contributed by atoms with E-state index in [0.29, 0.717) is 46.3 Å². The van der Waals surface area contributed by atoms with Crippen LogP contribution in [0, 0.1) is 12.7 Å². The number of amides is 2. The van der Waals surface area contributed by atoms with Crippen LogP contribution in [0.5, 0.6) is 5.75 Å². The molecule has 0 saturated carbocycles. The molecule has 0 radical (unpaired) electrons. The van der Waals surface area contributed by atoms with Crippen molar-refractivity contribution < 1.29 is 31.9 Å². The molecule has 2 amide bonds. The molecule has 1 aliphatic rings. The summed E-state index contributed by atoms with van der Waals surface area (Å²) in [6, 6.07) is 15.6. The summed E-state index contributed by atoms with van der Waals surface area (Å²) < 4.78 is 56.8. The smallest absolute Gasteiger partial charge is 0.406 e. The first-order chi connectivity index (χ1) is 21.4. The van der Waals surface area contributed by atoms with E-state index in [-0.39, 0.29) is 41.5 Å². The lowest BCUT2D eigenvalue weighted by atomic mass is 9.97. The number of aromatic nitrogens is 3. The zero-order valence-corrected chi connectivity index (χ0v) is 25.5. The summed E-state index contributed by atoms with van der Waals surface area (Å²) in [5, 5.41) is 4.74. The number of ether oxygens (including phenoxy) is 1. The molecular formula is C32H29F4N5O3S. The summed E-state index contributed by atoms with van der Waals surface area (Å²) in [6.07, 6.45) is -2.05. The van der Waals surface area contributed by atoms with Crippen molar-refractivity contribution in [2.45, 2.75) is 52.3 Å². The molecule has 1 saturated heterocycles. The van der Waals surface area contributed by atoms with Gasteiger partial charge in [0.2, 0.25) is 11.8 Å². The van der Waals surface area contributed by atoms with E-state index in [1.165, 1.54) is 64.1 Å². The fraction of sp³-hybridized carbons (Fsp3) is 0.281. The van der Waals surface area contributed by atoms with Crippen molar-refractivity contribution >= 4 is 34.4 Å². The lowest BCUT2D eigenvalue weighted by Crippen LogP contribution is -2.31. The molecule has 2 heterocycles. The summed E-state index contributed by atoms with van der Waals surface area (Å²) in [7, 11) is 0. The first-order valence-electron chi connectivity index (χ1n) is 14.1. The molecule has 0 bridgehead atoms. The Balaban J connectivity index is 1.22. The van der Waals surface area contributed by atoms with Gasteiger partial charge in [-0.25, -0.2) is 14.1 Å². The van der Waals surface area contributed by atoms with E-state index in [1.807, 2.05) is 38.1 Å². The van der Waals surface area contributed by atoms with Gasteiger partial charge in [-0.15, -0.1) is 18.3 Å². The van der Waals surface area contributed by atoms with Gasteiger partial charge in [-0.05, 0) is 84.8 Å². The van der Waals surface area contributed by atoms with Crippen molar-refractivity contribution in [3.05, 3.63) is 89.5 Å². The minimum Gasteiger partial charge on any atom is -0.406 e. The van der Waals surface area contributed by atoms with Gasteiger partial charge in [0.05, 0.1) is 17.1 Å². The van der Waals surface area contributed by atoms with E-state index in [0.717, 1.165) is 11.1 Å². The first-order valence-corrected chi connectivity index (χ1v) is 15.1. The number of halogens is 4. The van der Waals surface area contributed by atoms with Gasteiger partial charge in [-0.2, -0.15) is 4.99 Å². The minimum absolute atomic E-state index is 0.0437. The number of hydrogen-bond acceptors (Lipinski definition) is 6. The van der Waals surface area contributed by atoms with Crippen LogP contribution < -0.4 is 9.64 Å². The number of nitrogens with zero attached hydrogens (tertiary/aromatic N) is 5. The highest BCUT2D eigenvalue weighted by Crippen LogP contribution is 2.37. The molecule has 1 aliphatic heterocycles. The van der Waals surface area contributed by atoms with E-state index in [2.05, 4.69) is 19.8 Å². The van der Waals surface area contributed by atoms with Gasteiger partial charge in [0, 0.05) is 12.0 Å². The highest BCUT2D eigenvalue weighted by molar-refractivity contribution is 8.15. The summed E-state index contributed by atoms with van der Waals surface area (Å²) in [5.41, 5.74) is 4.05. The van der Waals surface area contributed by atoms with Crippen LogP contribution in [0.3, 0.4) is 0 Å². The molecule has 5 rings (SSSR count).